The van der Waals surface area contributed by atoms with E-state index in [1.165, 1.54) is 6.26 Å². The summed E-state index contributed by atoms with van der Waals surface area (Å²) in [5.41, 5.74) is 0. The molecule has 0 aliphatic carbocycles. The molecular formula is C9H12O3. The molecule has 1 heterocycles. The van der Waals surface area contributed by atoms with Gasteiger partial charge in [0.25, 0.3) is 0 Å². The number of Topliss-reactive ketones (excluding diaryl/α,β-unsaturated/α-hetero) is 1. The molecule has 0 amide bonds. The Balaban J connectivity index is 2.59. The standard InChI is InChI=1S/C9H12O3/c1-3-11-7(2)9(10)8-5-4-6-12-8/h4-7H,3H2,1-2H3. The van der Waals surface area contributed by atoms with Crippen molar-refractivity contribution in [2.45, 2.75) is 20.0 Å². The first kappa shape index (κ1) is 9.00. The van der Waals surface area contributed by atoms with E-state index in [-0.39, 0.29) is 5.78 Å². The molecule has 66 valence electrons. The van der Waals surface area contributed by atoms with E-state index < -0.39 is 6.10 Å². The van der Waals surface area contributed by atoms with Gasteiger partial charge in [-0.05, 0) is 26.0 Å². The summed E-state index contributed by atoms with van der Waals surface area (Å²) >= 11 is 0. The zero-order valence-electron chi connectivity index (χ0n) is 7.24. The molecule has 0 N–H and O–H groups in total. The first-order chi connectivity index (χ1) is 5.75. The maximum absolute atomic E-state index is 11.4. The van der Waals surface area contributed by atoms with Gasteiger partial charge < -0.3 is 9.15 Å². The van der Waals surface area contributed by atoms with Gasteiger partial charge in [0.15, 0.2) is 5.76 Å². The molecule has 0 aromatic carbocycles. The van der Waals surface area contributed by atoms with Crippen LogP contribution in [-0.2, 0) is 4.74 Å². The van der Waals surface area contributed by atoms with Gasteiger partial charge in [-0.15, -0.1) is 0 Å². The van der Waals surface area contributed by atoms with Crippen LogP contribution in [0, 0.1) is 0 Å². The molecule has 1 atom stereocenters. The second-order valence-corrected chi connectivity index (χ2v) is 2.44. The normalized spacial score (nSPS) is 12.8. The molecule has 1 aromatic rings. The summed E-state index contributed by atoms with van der Waals surface area (Å²) in [6.07, 6.45) is 1.06. The van der Waals surface area contributed by atoms with Crippen molar-refractivity contribution in [1.82, 2.24) is 0 Å². The van der Waals surface area contributed by atoms with Crippen LogP contribution in [0.15, 0.2) is 22.8 Å². The topological polar surface area (TPSA) is 39.4 Å². The number of ketones is 1. The third-order valence-corrected chi connectivity index (χ3v) is 1.55. The number of hydrogen-bond acceptors (Lipinski definition) is 3. The zero-order valence-corrected chi connectivity index (χ0v) is 7.24. The average molecular weight is 168 g/mol. The lowest BCUT2D eigenvalue weighted by molar-refractivity contribution is 0.0495. The third kappa shape index (κ3) is 1.95. The zero-order chi connectivity index (χ0) is 8.97. The molecule has 1 aromatic heterocycles. The van der Waals surface area contributed by atoms with Gasteiger partial charge in [-0.1, -0.05) is 0 Å². The fourth-order valence-corrected chi connectivity index (χ4v) is 0.945. The summed E-state index contributed by atoms with van der Waals surface area (Å²) in [6.45, 7) is 4.11. The number of carbonyl (C=O) groups excluding carboxylic acids is 1. The predicted octanol–water partition coefficient (Wildman–Crippen LogP) is 1.89. The number of carbonyl (C=O) groups is 1. The number of furan rings is 1. The van der Waals surface area contributed by atoms with Crippen molar-refractivity contribution in [2.24, 2.45) is 0 Å². The highest BCUT2D eigenvalue weighted by Gasteiger charge is 2.16. The Morgan fingerprint density at radius 2 is 2.50 bits per heavy atom. The first-order valence-electron chi connectivity index (χ1n) is 3.95. The van der Waals surface area contributed by atoms with E-state index in [9.17, 15) is 4.79 Å². The van der Waals surface area contributed by atoms with Gasteiger partial charge in [-0.25, -0.2) is 0 Å². The Morgan fingerprint density at radius 3 is 3.00 bits per heavy atom. The maximum atomic E-state index is 11.4. The molecule has 0 saturated heterocycles. The SMILES string of the molecule is CCOC(C)C(=O)c1ccco1. The van der Waals surface area contributed by atoms with Crippen molar-refractivity contribution in [3.05, 3.63) is 24.2 Å². The van der Waals surface area contributed by atoms with Crippen LogP contribution in [-0.4, -0.2) is 18.5 Å². The van der Waals surface area contributed by atoms with Crippen molar-refractivity contribution in [3.63, 3.8) is 0 Å². The quantitative estimate of drug-likeness (QED) is 0.644. The fourth-order valence-electron chi connectivity index (χ4n) is 0.945. The fraction of sp³-hybridized carbons (Fsp3) is 0.444. The van der Waals surface area contributed by atoms with Crippen LogP contribution in [0.2, 0.25) is 0 Å². The molecule has 3 nitrogen and oxygen atoms in total. The van der Waals surface area contributed by atoms with Crippen LogP contribution < -0.4 is 0 Å². The summed E-state index contributed by atoms with van der Waals surface area (Å²) in [4.78, 5) is 11.4. The number of ether oxygens (including phenoxy) is 1. The van der Waals surface area contributed by atoms with Gasteiger partial charge in [0, 0.05) is 6.61 Å². The smallest absolute Gasteiger partial charge is 0.226 e. The van der Waals surface area contributed by atoms with E-state index in [0.717, 1.165) is 0 Å². The van der Waals surface area contributed by atoms with Crippen molar-refractivity contribution >= 4 is 5.78 Å². The third-order valence-electron chi connectivity index (χ3n) is 1.55. The summed E-state index contributed by atoms with van der Waals surface area (Å²) in [5.74, 6) is 0.248. The van der Waals surface area contributed by atoms with E-state index in [1.807, 2.05) is 6.92 Å². The molecule has 0 bridgehead atoms. The van der Waals surface area contributed by atoms with Crippen LogP contribution >= 0.6 is 0 Å². The molecule has 1 unspecified atom stereocenters. The molecular weight excluding hydrogens is 156 g/mol. The molecule has 3 heteroatoms. The van der Waals surface area contributed by atoms with Gasteiger partial charge in [0.2, 0.25) is 5.78 Å². The second-order valence-electron chi connectivity index (χ2n) is 2.44. The Labute approximate surface area is 71.3 Å². The Hall–Kier alpha value is -1.09. The summed E-state index contributed by atoms with van der Waals surface area (Å²) in [6, 6.07) is 3.32. The van der Waals surface area contributed by atoms with Gasteiger partial charge >= 0.3 is 0 Å². The molecule has 0 radical (unpaired) electrons. The Bertz CT molecular complexity index is 238. The van der Waals surface area contributed by atoms with E-state index in [1.54, 1.807) is 19.1 Å². The summed E-state index contributed by atoms with van der Waals surface area (Å²) < 4.78 is 10.1. The van der Waals surface area contributed by atoms with Crippen LogP contribution in [0.3, 0.4) is 0 Å². The van der Waals surface area contributed by atoms with Crippen molar-refractivity contribution in [1.29, 1.82) is 0 Å². The summed E-state index contributed by atoms with van der Waals surface area (Å²) in [5, 5.41) is 0. The number of rotatable bonds is 4. The average Bonchev–Trinajstić information content (AvgIpc) is 2.55. The minimum Gasteiger partial charge on any atom is -0.461 e. The van der Waals surface area contributed by atoms with Gasteiger partial charge in [-0.2, -0.15) is 0 Å². The minimum absolute atomic E-state index is 0.109. The van der Waals surface area contributed by atoms with Crippen LogP contribution in [0.5, 0.6) is 0 Å². The van der Waals surface area contributed by atoms with E-state index in [2.05, 4.69) is 0 Å². The lowest BCUT2D eigenvalue weighted by atomic mass is 10.2. The monoisotopic (exact) mass is 168 g/mol. The largest absolute Gasteiger partial charge is 0.461 e. The number of hydrogen-bond donors (Lipinski definition) is 0. The first-order valence-corrected chi connectivity index (χ1v) is 3.95. The van der Waals surface area contributed by atoms with E-state index in [0.29, 0.717) is 12.4 Å². The Morgan fingerprint density at radius 1 is 1.75 bits per heavy atom. The molecule has 1 rings (SSSR count). The highest BCUT2D eigenvalue weighted by molar-refractivity contribution is 5.96. The lowest BCUT2D eigenvalue weighted by Crippen LogP contribution is -2.20. The molecule has 12 heavy (non-hydrogen) atoms. The minimum atomic E-state index is -0.416. The Kier molecular flexibility index (Phi) is 3.05. The predicted molar refractivity (Wildman–Crippen MR) is 44.1 cm³/mol. The van der Waals surface area contributed by atoms with Gasteiger partial charge in [-0.3, -0.25) is 4.79 Å². The molecule has 0 aliphatic heterocycles. The van der Waals surface area contributed by atoms with E-state index in [4.69, 9.17) is 9.15 Å². The van der Waals surface area contributed by atoms with Crippen molar-refractivity contribution in [2.75, 3.05) is 6.61 Å². The lowest BCUT2D eigenvalue weighted by Gasteiger charge is -2.07. The molecule has 0 spiro atoms. The van der Waals surface area contributed by atoms with Gasteiger partial charge in [0.05, 0.1) is 6.26 Å². The highest BCUT2D eigenvalue weighted by Crippen LogP contribution is 2.06. The molecule has 0 saturated carbocycles. The maximum Gasteiger partial charge on any atom is 0.226 e. The van der Waals surface area contributed by atoms with Crippen molar-refractivity contribution < 1.29 is 13.9 Å². The van der Waals surface area contributed by atoms with E-state index >= 15 is 0 Å². The van der Waals surface area contributed by atoms with Crippen LogP contribution in [0.4, 0.5) is 0 Å². The summed E-state index contributed by atoms with van der Waals surface area (Å²) in [7, 11) is 0. The highest BCUT2D eigenvalue weighted by atomic mass is 16.5. The molecule has 0 aliphatic rings. The van der Waals surface area contributed by atoms with Crippen LogP contribution in [0.1, 0.15) is 24.4 Å². The molecule has 0 fully saturated rings. The van der Waals surface area contributed by atoms with Crippen molar-refractivity contribution in [3.8, 4) is 0 Å². The van der Waals surface area contributed by atoms with Gasteiger partial charge in [0.1, 0.15) is 6.10 Å². The van der Waals surface area contributed by atoms with Crippen LogP contribution in [0.25, 0.3) is 0 Å². The second kappa shape index (κ2) is 4.07.